The van der Waals surface area contributed by atoms with Crippen molar-refractivity contribution in [3.05, 3.63) is 48.7 Å². The number of hydrogen-bond acceptors (Lipinski definition) is 13. The number of nitriles is 1. The van der Waals surface area contributed by atoms with E-state index < -0.39 is 6.61 Å². The number of ether oxygens (including phenoxy) is 4. The topological polar surface area (TPSA) is 163 Å². The zero-order chi connectivity index (χ0) is 34.5. The minimum absolute atomic E-state index is 0.0974. The normalized spacial score (nSPS) is 22.7. The van der Waals surface area contributed by atoms with Crippen LogP contribution in [0.1, 0.15) is 57.1 Å². The van der Waals surface area contributed by atoms with Gasteiger partial charge in [0, 0.05) is 36.1 Å². The van der Waals surface area contributed by atoms with Crippen LogP contribution in [-0.4, -0.2) is 102 Å². The summed E-state index contributed by atoms with van der Waals surface area (Å²) in [5.41, 5.74) is 2.38. The van der Waals surface area contributed by atoms with E-state index in [1.807, 2.05) is 17.8 Å². The van der Waals surface area contributed by atoms with Crippen molar-refractivity contribution in [3.63, 3.8) is 0 Å². The summed E-state index contributed by atoms with van der Waals surface area (Å²) in [6.45, 7) is 0.672. The summed E-state index contributed by atoms with van der Waals surface area (Å²) in [4.78, 5) is 11.7. The van der Waals surface area contributed by atoms with Crippen molar-refractivity contribution in [1.82, 2.24) is 44.9 Å². The Kier molecular flexibility index (Phi) is 10.4. The molecule has 0 spiro atoms. The molecule has 17 heteroatoms. The number of tetrazole rings is 1. The molecule has 4 aromatic rings. The highest BCUT2D eigenvalue weighted by Crippen LogP contribution is 2.39. The fraction of sp³-hybridized carbons (Fsp3) is 0.545. The predicted molar refractivity (Wildman–Crippen MR) is 174 cm³/mol. The van der Waals surface area contributed by atoms with Gasteiger partial charge in [0.25, 0.3) is 5.88 Å². The van der Waals surface area contributed by atoms with E-state index in [1.165, 1.54) is 19.2 Å². The summed E-state index contributed by atoms with van der Waals surface area (Å²) in [5.74, 6) is 0.978. The van der Waals surface area contributed by atoms with Gasteiger partial charge in [-0.25, -0.2) is 14.6 Å². The van der Waals surface area contributed by atoms with Crippen LogP contribution in [0.25, 0.3) is 11.1 Å². The molecular formula is C33H39F2N11O4. The number of aromatic nitrogens is 8. The van der Waals surface area contributed by atoms with Crippen LogP contribution in [0.4, 0.5) is 20.4 Å². The number of hydrogen-bond donors (Lipinski definition) is 1. The molecule has 0 amide bonds. The van der Waals surface area contributed by atoms with Gasteiger partial charge < -0.3 is 24.3 Å². The average Bonchev–Trinajstić information content (AvgIpc) is 3.84. The highest BCUT2D eigenvalue weighted by atomic mass is 19.3. The number of halogens is 2. The fourth-order valence-corrected chi connectivity index (χ4v) is 7.24. The maximum Gasteiger partial charge on any atom is 0.345 e. The van der Waals surface area contributed by atoms with Gasteiger partial charge in [-0.2, -0.15) is 14.0 Å². The minimum Gasteiger partial charge on any atom is -0.487 e. The molecule has 3 atom stereocenters. The van der Waals surface area contributed by atoms with E-state index >= 15 is 0 Å². The number of morpholine rings is 1. The lowest BCUT2D eigenvalue weighted by molar-refractivity contribution is -0.133. The number of nitrogens with zero attached hydrogens (tertiary/aromatic N) is 10. The number of benzene rings is 1. The molecule has 1 aliphatic carbocycles. The van der Waals surface area contributed by atoms with E-state index in [9.17, 15) is 14.0 Å². The molecule has 1 saturated carbocycles. The number of nitrogens with one attached hydrogen (secondary N) is 1. The Balaban J connectivity index is 1.03. The first kappa shape index (κ1) is 33.7. The summed E-state index contributed by atoms with van der Waals surface area (Å²) in [7, 11) is 0. The third kappa shape index (κ3) is 7.82. The summed E-state index contributed by atoms with van der Waals surface area (Å²) in [6, 6.07) is 9.22. The van der Waals surface area contributed by atoms with E-state index in [4.69, 9.17) is 19.3 Å². The Morgan fingerprint density at radius 1 is 1.00 bits per heavy atom. The van der Waals surface area contributed by atoms with Crippen LogP contribution >= 0.6 is 0 Å². The van der Waals surface area contributed by atoms with Crippen molar-refractivity contribution < 1.29 is 27.7 Å². The van der Waals surface area contributed by atoms with Gasteiger partial charge >= 0.3 is 6.61 Å². The molecule has 50 heavy (non-hydrogen) atoms. The Hall–Kier alpha value is -4.79. The molecule has 1 N–H and O–H groups in total. The lowest BCUT2D eigenvalue weighted by Gasteiger charge is -2.43. The highest BCUT2D eigenvalue weighted by molar-refractivity contribution is 5.67. The van der Waals surface area contributed by atoms with Gasteiger partial charge in [-0.15, -0.1) is 10.2 Å². The number of fused-ring (bicyclic) bond motifs is 2. The molecule has 2 saturated heterocycles. The van der Waals surface area contributed by atoms with Crippen molar-refractivity contribution >= 4 is 11.6 Å². The first-order valence-corrected chi connectivity index (χ1v) is 16.9. The number of rotatable bonds is 14. The minimum atomic E-state index is -2.88. The summed E-state index contributed by atoms with van der Waals surface area (Å²) >= 11 is 0. The average molecular weight is 692 g/mol. The SMILES string of the molecule is C[C@@H](Cn1cnnn1)Oc1cc(-c2cnc(Nc3cn(C4CCC(N5[C@@H]6CC[C@H]5COC6)CC4)nc3OCCOC(F)F)nc2)ccc1C#N. The van der Waals surface area contributed by atoms with Gasteiger partial charge in [0.2, 0.25) is 5.95 Å². The van der Waals surface area contributed by atoms with Gasteiger partial charge in [-0.05, 0) is 73.6 Å². The Morgan fingerprint density at radius 3 is 2.44 bits per heavy atom. The molecule has 264 valence electrons. The molecule has 0 radical (unpaired) electrons. The lowest BCUT2D eigenvalue weighted by atomic mass is 9.89. The molecule has 7 rings (SSSR count). The largest absolute Gasteiger partial charge is 0.487 e. The maximum atomic E-state index is 12.6. The Bertz CT molecular complexity index is 1730. The first-order chi connectivity index (χ1) is 24.4. The van der Waals surface area contributed by atoms with E-state index in [-0.39, 0.29) is 31.2 Å². The Morgan fingerprint density at radius 2 is 1.74 bits per heavy atom. The van der Waals surface area contributed by atoms with E-state index in [2.05, 4.69) is 46.5 Å². The lowest BCUT2D eigenvalue weighted by Crippen LogP contribution is -2.52. The van der Waals surface area contributed by atoms with Gasteiger partial charge in [-0.3, -0.25) is 9.58 Å². The first-order valence-electron chi connectivity index (χ1n) is 16.9. The number of alkyl halides is 2. The van der Waals surface area contributed by atoms with Gasteiger partial charge in [0.1, 0.15) is 36.5 Å². The summed E-state index contributed by atoms with van der Waals surface area (Å²) in [6.07, 6.45) is 12.9. The zero-order valence-corrected chi connectivity index (χ0v) is 27.6. The van der Waals surface area contributed by atoms with Crippen LogP contribution in [0.5, 0.6) is 11.6 Å². The molecule has 2 bridgehead atoms. The molecule has 5 heterocycles. The molecule has 3 fully saturated rings. The van der Waals surface area contributed by atoms with E-state index in [0.717, 1.165) is 44.5 Å². The fourth-order valence-electron chi connectivity index (χ4n) is 7.24. The van der Waals surface area contributed by atoms with Crippen LogP contribution in [0, 0.1) is 11.3 Å². The molecule has 1 aromatic carbocycles. The van der Waals surface area contributed by atoms with Crippen LogP contribution in [0.2, 0.25) is 0 Å². The molecule has 15 nitrogen and oxygen atoms in total. The Labute approximate surface area is 287 Å². The third-order valence-electron chi connectivity index (χ3n) is 9.52. The van der Waals surface area contributed by atoms with E-state index in [0.29, 0.717) is 53.2 Å². The number of anilines is 2. The monoisotopic (exact) mass is 691 g/mol. The smallest absolute Gasteiger partial charge is 0.345 e. The summed E-state index contributed by atoms with van der Waals surface area (Å²) < 4.78 is 50.6. The van der Waals surface area contributed by atoms with Crippen LogP contribution in [0.15, 0.2) is 43.1 Å². The van der Waals surface area contributed by atoms with Gasteiger partial charge in [0.15, 0.2) is 0 Å². The van der Waals surface area contributed by atoms with Gasteiger partial charge in [0.05, 0.1) is 44.2 Å². The van der Waals surface area contributed by atoms with Gasteiger partial charge in [-0.1, -0.05) is 6.07 Å². The molecule has 0 unspecified atom stereocenters. The maximum absolute atomic E-state index is 12.6. The van der Waals surface area contributed by atoms with Crippen molar-refractivity contribution in [1.29, 1.82) is 5.26 Å². The van der Waals surface area contributed by atoms with Crippen LogP contribution in [-0.2, 0) is 16.0 Å². The molecular weight excluding hydrogens is 652 g/mol. The van der Waals surface area contributed by atoms with Crippen molar-refractivity contribution in [2.45, 2.75) is 88.9 Å². The second-order valence-corrected chi connectivity index (χ2v) is 12.8. The van der Waals surface area contributed by atoms with Crippen LogP contribution < -0.4 is 14.8 Å². The predicted octanol–water partition coefficient (Wildman–Crippen LogP) is 4.37. The van der Waals surface area contributed by atoms with Crippen molar-refractivity contribution in [3.8, 4) is 28.8 Å². The molecule has 2 aliphatic heterocycles. The quantitative estimate of drug-likeness (QED) is 0.186. The molecule has 3 aliphatic rings. The second kappa shape index (κ2) is 15.4. The third-order valence-corrected chi connectivity index (χ3v) is 9.52. The van der Waals surface area contributed by atoms with Crippen molar-refractivity contribution in [2.75, 3.05) is 31.7 Å². The van der Waals surface area contributed by atoms with E-state index in [1.54, 1.807) is 35.3 Å². The second-order valence-electron chi connectivity index (χ2n) is 12.8. The highest BCUT2D eigenvalue weighted by Gasteiger charge is 2.42. The zero-order valence-electron chi connectivity index (χ0n) is 27.6. The summed E-state index contributed by atoms with van der Waals surface area (Å²) in [5, 5.41) is 28.7. The van der Waals surface area contributed by atoms with Crippen LogP contribution in [0.3, 0.4) is 0 Å². The van der Waals surface area contributed by atoms with Crippen molar-refractivity contribution in [2.24, 2.45) is 0 Å². The standard InChI is InChI=1S/C33H39F2N11O4/c1-21(16-44-20-39-42-43-44)50-30-12-22(2-3-23(30)13-36)24-14-37-33(38-15-24)40-29-17-45(41-31(29)48-10-11-49-32(34)35)25-4-6-26(7-5-25)46-27-8-9-28(46)19-47-18-27/h2-3,12,14-15,17,20-21,25-28,32H,4-11,16,18-19H2,1H3,(H,37,38,40)/t21-,25?,26?,27-,28+/m0/s1. The molecule has 3 aromatic heterocycles.